The van der Waals surface area contributed by atoms with Gasteiger partial charge in [0.2, 0.25) is 5.91 Å². The van der Waals surface area contributed by atoms with Gasteiger partial charge in [-0.05, 0) is 18.9 Å². The number of methoxy groups -OCH3 is 1. The lowest BCUT2D eigenvalue weighted by atomic mass is 10.1. The Bertz CT molecular complexity index is 481. The Morgan fingerprint density at radius 1 is 1.45 bits per heavy atom. The zero-order valence-corrected chi connectivity index (χ0v) is 12.1. The summed E-state index contributed by atoms with van der Waals surface area (Å²) in [7, 11) is 1.64. The average Bonchev–Trinajstić information content (AvgIpc) is 2.68. The van der Waals surface area contributed by atoms with E-state index in [0.29, 0.717) is 18.7 Å². The molecule has 0 aliphatic carbocycles. The molecule has 2 rings (SSSR count). The molecule has 1 aliphatic heterocycles. The minimum Gasteiger partial charge on any atom is -0.384 e. The maximum atomic E-state index is 14.0. The zero-order chi connectivity index (χ0) is 14.7. The van der Waals surface area contributed by atoms with Gasteiger partial charge in [-0.15, -0.1) is 0 Å². The molecular weight excluding hydrogens is 259 g/mol. The quantitative estimate of drug-likeness (QED) is 0.896. The predicted octanol–water partition coefficient (Wildman–Crippen LogP) is 1.93. The van der Waals surface area contributed by atoms with Crippen molar-refractivity contribution in [2.24, 2.45) is 5.92 Å². The highest BCUT2D eigenvalue weighted by Crippen LogP contribution is 2.27. The van der Waals surface area contributed by atoms with Gasteiger partial charge in [-0.1, -0.05) is 25.1 Å². The number of amides is 1. The molecule has 5 heteroatoms. The third kappa shape index (κ3) is 2.99. The molecule has 1 aliphatic rings. The van der Waals surface area contributed by atoms with Crippen LogP contribution in [0.4, 0.5) is 4.39 Å². The summed E-state index contributed by atoms with van der Waals surface area (Å²) in [6.45, 7) is 4.93. The molecule has 3 unspecified atom stereocenters. The Morgan fingerprint density at radius 3 is 2.80 bits per heavy atom. The molecule has 0 aromatic heterocycles. The van der Waals surface area contributed by atoms with E-state index in [2.05, 4.69) is 5.32 Å². The molecule has 0 radical (unpaired) electrons. The van der Waals surface area contributed by atoms with Crippen LogP contribution in [-0.2, 0) is 9.53 Å². The number of hydrogen-bond donors (Lipinski definition) is 1. The van der Waals surface area contributed by atoms with Crippen LogP contribution in [0.2, 0.25) is 0 Å². The molecule has 1 fully saturated rings. The molecule has 1 aromatic carbocycles. The molecule has 1 heterocycles. The van der Waals surface area contributed by atoms with Gasteiger partial charge in [0.05, 0.1) is 12.6 Å². The molecule has 4 nitrogen and oxygen atoms in total. The Balaban J connectivity index is 2.22. The topological polar surface area (TPSA) is 41.6 Å². The van der Waals surface area contributed by atoms with Crippen molar-refractivity contribution in [2.75, 3.05) is 20.3 Å². The molecule has 3 atom stereocenters. The fourth-order valence-corrected chi connectivity index (χ4v) is 2.60. The normalized spacial score (nSPS) is 24.2. The smallest absolute Gasteiger partial charge is 0.241 e. The molecular formula is C15H21FN2O2. The van der Waals surface area contributed by atoms with Crippen molar-refractivity contribution in [1.82, 2.24) is 10.2 Å². The third-order valence-corrected chi connectivity index (χ3v) is 3.53. The molecule has 1 amide bonds. The van der Waals surface area contributed by atoms with Crippen LogP contribution in [0.5, 0.6) is 0 Å². The van der Waals surface area contributed by atoms with E-state index < -0.39 is 6.17 Å². The monoisotopic (exact) mass is 280 g/mol. The van der Waals surface area contributed by atoms with Gasteiger partial charge in [0.25, 0.3) is 0 Å². The number of nitrogens with one attached hydrogen (secondary N) is 1. The Labute approximate surface area is 118 Å². The van der Waals surface area contributed by atoms with Gasteiger partial charge in [0, 0.05) is 19.2 Å². The van der Waals surface area contributed by atoms with E-state index in [4.69, 9.17) is 4.74 Å². The van der Waals surface area contributed by atoms with Gasteiger partial charge in [-0.3, -0.25) is 10.1 Å². The summed E-state index contributed by atoms with van der Waals surface area (Å²) >= 11 is 0. The van der Waals surface area contributed by atoms with Crippen LogP contribution in [0, 0.1) is 11.7 Å². The lowest BCUT2D eigenvalue weighted by molar-refractivity contribution is -0.130. The van der Waals surface area contributed by atoms with Crippen molar-refractivity contribution < 1.29 is 13.9 Å². The van der Waals surface area contributed by atoms with Crippen molar-refractivity contribution in [3.05, 3.63) is 35.6 Å². The predicted molar refractivity (Wildman–Crippen MR) is 74.5 cm³/mol. The maximum absolute atomic E-state index is 14.0. The molecule has 110 valence electrons. The van der Waals surface area contributed by atoms with Crippen LogP contribution in [0.1, 0.15) is 25.6 Å². The highest BCUT2D eigenvalue weighted by atomic mass is 19.1. The minimum atomic E-state index is -0.405. The summed E-state index contributed by atoms with van der Waals surface area (Å²) in [6, 6.07) is 6.27. The summed E-state index contributed by atoms with van der Waals surface area (Å²) < 4.78 is 19.1. The van der Waals surface area contributed by atoms with E-state index in [-0.39, 0.29) is 23.7 Å². The number of carbonyl (C=O) groups excluding carboxylic acids is 1. The first-order valence-corrected chi connectivity index (χ1v) is 6.84. The van der Waals surface area contributed by atoms with Crippen molar-refractivity contribution in [3.63, 3.8) is 0 Å². The number of rotatable bonds is 5. The van der Waals surface area contributed by atoms with Crippen LogP contribution in [-0.4, -0.2) is 37.1 Å². The van der Waals surface area contributed by atoms with Crippen molar-refractivity contribution in [1.29, 1.82) is 0 Å². The lowest BCUT2D eigenvalue weighted by Crippen LogP contribution is -2.35. The number of hydrogen-bond acceptors (Lipinski definition) is 3. The van der Waals surface area contributed by atoms with E-state index in [1.54, 1.807) is 37.1 Å². The van der Waals surface area contributed by atoms with Gasteiger partial charge in [0.15, 0.2) is 0 Å². The average molecular weight is 280 g/mol. The van der Waals surface area contributed by atoms with Crippen LogP contribution in [0.3, 0.4) is 0 Å². The first-order valence-electron chi connectivity index (χ1n) is 6.84. The maximum Gasteiger partial charge on any atom is 0.241 e. The van der Waals surface area contributed by atoms with E-state index in [1.165, 1.54) is 6.07 Å². The Kier molecular flexibility index (Phi) is 4.73. The fourth-order valence-electron chi connectivity index (χ4n) is 2.60. The van der Waals surface area contributed by atoms with Crippen LogP contribution < -0.4 is 5.32 Å². The number of nitrogens with zero attached hydrogens (tertiary/aromatic N) is 1. The second-order valence-corrected chi connectivity index (χ2v) is 5.36. The van der Waals surface area contributed by atoms with Crippen LogP contribution in [0.15, 0.2) is 24.3 Å². The van der Waals surface area contributed by atoms with Crippen LogP contribution >= 0.6 is 0 Å². The molecule has 0 saturated carbocycles. The number of ether oxygens (including phenoxy) is 1. The standard InChI is InChI=1S/C15H21FN2O2/c1-10(9-20-3)8-18-14(17-11(2)15(18)19)12-6-4-5-7-13(12)16/h4-7,10-11,14,17H,8-9H2,1-3H3. The summed E-state index contributed by atoms with van der Waals surface area (Å²) in [5, 5.41) is 3.15. The summed E-state index contributed by atoms with van der Waals surface area (Å²) in [5.41, 5.74) is 0.509. The first kappa shape index (κ1) is 14.9. The first-order chi connectivity index (χ1) is 9.54. The summed E-state index contributed by atoms with van der Waals surface area (Å²) in [5.74, 6) is -0.0946. The van der Waals surface area contributed by atoms with Crippen molar-refractivity contribution in [2.45, 2.75) is 26.1 Å². The van der Waals surface area contributed by atoms with E-state index in [9.17, 15) is 9.18 Å². The van der Waals surface area contributed by atoms with E-state index >= 15 is 0 Å². The minimum absolute atomic E-state index is 0.00112. The fraction of sp³-hybridized carbons (Fsp3) is 0.533. The van der Waals surface area contributed by atoms with E-state index in [1.807, 2.05) is 6.92 Å². The molecule has 1 N–H and O–H groups in total. The SMILES string of the molecule is COCC(C)CN1C(=O)C(C)NC1c1ccccc1F. The van der Waals surface area contributed by atoms with Gasteiger partial charge in [-0.25, -0.2) is 4.39 Å². The van der Waals surface area contributed by atoms with Gasteiger partial charge in [0.1, 0.15) is 12.0 Å². The van der Waals surface area contributed by atoms with Crippen molar-refractivity contribution in [3.8, 4) is 0 Å². The second-order valence-electron chi connectivity index (χ2n) is 5.36. The largest absolute Gasteiger partial charge is 0.384 e. The Hall–Kier alpha value is -1.46. The summed E-state index contributed by atoms with van der Waals surface area (Å²) in [6.07, 6.45) is -0.405. The number of benzene rings is 1. The van der Waals surface area contributed by atoms with Crippen molar-refractivity contribution >= 4 is 5.91 Å². The molecule has 20 heavy (non-hydrogen) atoms. The second kappa shape index (κ2) is 6.33. The lowest BCUT2D eigenvalue weighted by Gasteiger charge is -2.27. The number of carbonyl (C=O) groups is 1. The van der Waals surface area contributed by atoms with E-state index in [0.717, 1.165) is 0 Å². The van der Waals surface area contributed by atoms with Gasteiger partial charge in [-0.2, -0.15) is 0 Å². The zero-order valence-electron chi connectivity index (χ0n) is 12.1. The highest BCUT2D eigenvalue weighted by molar-refractivity contribution is 5.84. The van der Waals surface area contributed by atoms with Crippen LogP contribution in [0.25, 0.3) is 0 Å². The molecule has 1 saturated heterocycles. The highest BCUT2D eigenvalue weighted by Gasteiger charge is 2.38. The molecule has 1 aromatic rings. The number of halogens is 1. The Morgan fingerprint density at radius 2 is 2.15 bits per heavy atom. The molecule has 0 bridgehead atoms. The molecule has 0 spiro atoms. The summed E-state index contributed by atoms with van der Waals surface area (Å²) in [4.78, 5) is 13.9. The van der Waals surface area contributed by atoms with Gasteiger partial charge >= 0.3 is 0 Å². The third-order valence-electron chi connectivity index (χ3n) is 3.53. The van der Waals surface area contributed by atoms with Gasteiger partial charge < -0.3 is 9.64 Å².